The summed E-state index contributed by atoms with van der Waals surface area (Å²) in [5.41, 5.74) is -0.711. The number of benzene rings is 1. The number of aliphatic hydroxyl groups is 1. The normalized spacial score (nSPS) is 13.8. The van der Waals surface area contributed by atoms with Crippen LogP contribution >= 0.6 is 0 Å². The van der Waals surface area contributed by atoms with Crippen LogP contribution in [0.4, 0.5) is 0 Å². The van der Waals surface area contributed by atoms with Crippen molar-refractivity contribution < 1.29 is 82.1 Å². The molecule has 0 aliphatic carbocycles. The van der Waals surface area contributed by atoms with Crippen molar-refractivity contribution in [2.75, 3.05) is 65.8 Å². The predicted molar refractivity (Wildman–Crippen MR) is 225 cm³/mol. The van der Waals surface area contributed by atoms with E-state index >= 15 is 0 Å². The number of H-pyrrole nitrogens is 1. The van der Waals surface area contributed by atoms with Crippen LogP contribution in [-0.4, -0.2) is 164 Å². The molecule has 28 heteroatoms. The number of hydrogen-bond donors (Lipinski definition) is 5. The van der Waals surface area contributed by atoms with E-state index in [0.717, 1.165) is 24.8 Å². The quantitative estimate of drug-likeness (QED) is 0.0307. The number of sulfonamides is 1. The van der Waals surface area contributed by atoms with Crippen molar-refractivity contribution in [3.63, 3.8) is 0 Å². The van der Waals surface area contributed by atoms with E-state index < -0.39 is 81.8 Å². The number of hydrogen-bond acceptors (Lipinski definition) is 19. The number of aromatic amines is 1. The van der Waals surface area contributed by atoms with Gasteiger partial charge in [0.2, 0.25) is 10.0 Å². The number of nitrogens with one attached hydrogen (secondary N) is 1. The molecule has 0 radical (unpaired) electrons. The number of aromatic nitrogens is 3. The fraction of sp³-hybridized carbons (Fsp3) is 0.579. The van der Waals surface area contributed by atoms with E-state index in [4.69, 9.17) is 39.6 Å². The minimum absolute atomic E-state index is 0.0326. The number of aryl methyl sites for hydroxylation is 2. The zero-order valence-electron chi connectivity index (χ0n) is 36.3. The van der Waals surface area contributed by atoms with Gasteiger partial charge >= 0.3 is 23.9 Å². The fourth-order valence-electron chi connectivity index (χ4n) is 6.46. The number of rotatable bonds is 27. The van der Waals surface area contributed by atoms with Gasteiger partial charge in [0.1, 0.15) is 30.3 Å². The molecule has 0 amide bonds. The lowest BCUT2D eigenvalue weighted by atomic mass is 9.96. The van der Waals surface area contributed by atoms with Crippen molar-refractivity contribution in [2.24, 2.45) is 0 Å². The molecule has 1 saturated heterocycles. The summed E-state index contributed by atoms with van der Waals surface area (Å²) in [4.78, 5) is 94.8. The van der Waals surface area contributed by atoms with Gasteiger partial charge in [-0.25, -0.2) is 18.2 Å². The van der Waals surface area contributed by atoms with Crippen LogP contribution in [-0.2, 0) is 61.3 Å². The first-order valence-electron chi connectivity index (χ1n) is 20.5. The van der Waals surface area contributed by atoms with E-state index in [9.17, 15) is 52.6 Å². The van der Waals surface area contributed by atoms with E-state index in [1.165, 1.54) is 16.4 Å². The Morgan fingerprint density at radius 3 is 2.17 bits per heavy atom. The lowest BCUT2D eigenvalue weighted by Crippen LogP contribution is -2.49. The molecule has 27 nitrogen and oxygen atoms in total. The Hall–Kier alpha value is -6.49. The van der Waals surface area contributed by atoms with Gasteiger partial charge in [0.25, 0.3) is 15.7 Å². The number of nitrogens with zero attached hydrogens (tertiary/aromatic N) is 6. The first-order valence-corrected chi connectivity index (χ1v) is 21.9. The van der Waals surface area contributed by atoms with E-state index in [1.807, 2.05) is 36.4 Å². The molecular weight excluding hydrogens is 907 g/mol. The molecule has 5 N–H and O–H groups in total. The number of carbonyl (C=O) groups excluding carboxylic acids is 1. The van der Waals surface area contributed by atoms with Crippen LogP contribution < -0.4 is 10.3 Å². The highest BCUT2D eigenvalue weighted by Gasteiger charge is 2.41. The van der Waals surface area contributed by atoms with Crippen molar-refractivity contribution in [1.82, 2.24) is 23.7 Å². The van der Waals surface area contributed by atoms with Gasteiger partial charge in [0, 0.05) is 45.5 Å². The maximum Gasteiger partial charge on any atom is 0.336 e. The van der Waals surface area contributed by atoms with Crippen LogP contribution in [0, 0.1) is 20.2 Å². The Balaban J connectivity index is 0.000000771. The molecule has 366 valence electrons. The summed E-state index contributed by atoms with van der Waals surface area (Å²) in [6.45, 7) is 7.14. The smallest absolute Gasteiger partial charge is 0.336 e. The summed E-state index contributed by atoms with van der Waals surface area (Å²) in [5.74, 6) is -4.99. The van der Waals surface area contributed by atoms with E-state index in [-0.39, 0.29) is 49.0 Å². The summed E-state index contributed by atoms with van der Waals surface area (Å²) in [6.07, 6.45) is 0.428. The van der Waals surface area contributed by atoms with Gasteiger partial charge in [0.15, 0.2) is 11.7 Å². The van der Waals surface area contributed by atoms with Crippen LogP contribution in [0.5, 0.6) is 5.75 Å². The molecule has 0 saturated carbocycles. The first kappa shape index (κ1) is 53.8. The second kappa shape index (κ2) is 25.3. The Bertz CT molecular complexity index is 2330. The fourth-order valence-corrected chi connectivity index (χ4v) is 7.90. The Morgan fingerprint density at radius 2 is 1.61 bits per heavy atom. The maximum absolute atomic E-state index is 13.9. The first-order chi connectivity index (χ1) is 31.1. The molecule has 1 aromatic carbocycles. The van der Waals surface area contributed by atoms with Crippen LogP contribution in [0.2, 0.25) is 0 Å². The maximum atomic E-state index is 13.9. The minimum Gasteiger partial charge on any atom is -0.493 e. The number of carboxylic acids is 3. The predicted octanol–water partition coefficient (Wildman–Crippen LogP) is 0.946. The second-order valence-corrected chi connectivity index (χ2v) is 16.5. The van der Waals surface area contributed by atoms with Crippen molar-refractivity contribution in [3.8, 4) is 17.1 Å². The number of esters is 1. The van der Waals surface area contributed by atoms with Crippen LogP contribution in [0.1, 0.15) is 58.4 Å². The SMILES string of the molecule is CCCOc1ccc(S(=O)(=O)N2CCN(CCOC(=O)CCOC[C@@H](CO[N+](=O)[O-])O[N+](=O)[O-])CC2)cc1-c1nc2c(CCC)cn(CC)c2c(=O)[nH]1.O=C(O)CC(O)(CC(=O)O)C(=O)O. The highest BCUT2D eigenvalue weighted by Crippen LogP contribution is 2.33. The lowest BCUT2D eigenvalue weighted by Gasteiger charge is -2.33. The van der Waals surface area contributed by atoms with Gasteiger partial charge in [-0.3, -0.25) is 24.1 Å². The molecule has 2 aromatic heterocycles. The number of ether oxygens (including phenoxy) is 3. The zero-order chi connectivity index (χ0) is 49.2. The topological polar surface area (TPSA) is 373 Å². The standard InChI is InChI=1S/C32H45N7O13S.C6H8O7/c1-4-7-23-20-36(6-3)30-29(23)33-31(34-32(30)41)26-19-25(8-9-27(26)49-16-5-2)53(46,47)37-13-11-35(12-14-37)15-18-50-28(40)10-17-48-21-24(52-39(44)45)22-51-38(42)43;7-3(8)1-6(13,5(11)12)2-4(9)10/h8-9,19-20,24H,4-7,10-18,21-22H2,1-3H3,(H,33,34,41);13H,1-2H2,(H,7,8)(H,9,10)(H,11,12)/t24-;/m0./s1. The van der Waals surface area contributed by atoms with Crippen LogP contribution in [0.15, 0.2) is 34.1 Å². The Labute approximate surface area is 376 Å². The average molecular weight is 960 g/mol. The molecule has 0 spiro atoms. The monoisotopic (exact) mass is 959 g/mol. The second-order valence-electron chi connectivity index (χ2n) is 14.5. The molecule has 1 fully saturated rings. The summed E-state index contributed by atoms with van der Waals surface area (Å²) >= 11 is 0. The van der Waals surface area contributed by atoms with E-state index in [1.54, 1.807) is 6.07 Å². The zero-order valence-corrected chi connectivity index (χ0v) is 37.1. The van der Waals surface area contributed by atoms with Gasteiger partial charge in [-0.1, -0.05) is 20.3 Å². The number of carboxylic acid groups (broad SMARTS) is 3. The van der Waals surface area contributed by atoms with Gasteiger partial charge in [-0.2, -0.15) is 4.31 Å². The molecule has 4 rings (SSSR count). The van der Waals surface area contributed by atoms with E-state index in [2.05, 4.69) is 14.7 Å². The number of carbonyl (C=O) groups is 4. The molecule has 1 aliphatic rings. The van der Waals surface area contributed by atoms with Crippen molar-refractivity contribution in [3.05, 3.63) is 60.5 Å². The summed E-state index contributed by atoms with van der Waals surface area (Å²) in [7, 11) is -3.95. The van der Waals surface area contributed by atoms with Crippen LogP contribution in [0.25, 0.3) is 22.4 Å². The Kier molecular flexibility index (Phi) is 20.6. The molecule has 0 unspecified atom stereocenters. The van der Waals surface area contributed by atoms with Gasteiger partial charge in [-0.15, -0.1) is 20.2 Å². The number of fused-ring (bicyclic) bond motifs is 1. The van der Waals surface area contributed by atoms with Crippen molar-refractivity contribution in [2.45, 2.75) is 82.4 Å². The van der Waals surface area contributed by atoms with Crippen LogP contribution in [0.3, 0.4) is 0 Å². The molecule has 0 bridgehead atoms. The third-order valence-electron chi connectivity index (χ3n) is 9.61. The van der Waals surface area contributed by atoms with Gasteiger partial charge < -0.3 is 53.9 Å². The highest BCUT2D eigenvalue weighted by atomic mass is 32.2. The van der Waals surface area contributed by atoms with Gasteiger partial charge in [0.05, 0.1) is 55.1 Å². The third kappa shape index (κ3) is 15.9. The minimum atomic E-state index is -3.95. The summed E-state index contributed by atoms with van der Waals surface area (Å²) in [6, 6.07) is 4.57. The molecule has 1 aliphatic heterocycles. The molecular formula is C38H53N7O20S. The molecule has 66 heavy (non-hydrogen) atoms. The summed E-state index contributed by atoms with van der Waals surface area (Å²) < 4.78 is 47.3. The van der Waals surface area contributed by atoms with Crippen molar-refractivity contribution in [1.29, 1.82) is 0 Å². The Morgan fingerprint density at radius 1 is 0.939 bits per heavy atom. The summed E-state index contributed by atoms with van der Waals surface area (Å²) in [5, 5.41) is 52.4. The number of aliphatic carboxylic acids is 3. The largest absolute Gasteiger partial charge is 0.493 e. The molecule has 3 heterocycles. The number of piperazine rings is 1. The third-order valence-corrected chi connectivity index (χ3v) is 11.5. The molecule has 3 aromatic rings. The average Bonchev–Trinajstić information content (AvgIpc) is 3.60. The molecule has 1 atom stereocenters. The van der Waals surface area contributed by atoms with Crippen molar-refractivity contribution >= 4 is 44.9 Å². The van der Waals surface area contributed by atoms with Gasteiger partial charge in [-0.05, 0) is 43.5 Å². The van der Waals surface area contributed by atoms with E-state index in [0.29, 0.717) is 55.1 Å². The highest BCUT2D eigenvalue weighted by molar-refractivity contribution is 7.89. The lowest BCUT2D eigenvalue weighted by molar-refractivity contribution is -0.790.